The molecular formula is C18H20ClN5O2S. The van der Waals surface area contributed by atoms with Crippen molar-refractivity contribution in [2.75, 3.05) is 11.1 Å². The molecule has 9 heteroatoms. The van der Waals surface area contributed by atoms with Gasteiger partial charge in [0, 0.05) is 28.6 Å². The Hall–Kier alpha value is -2.32. The quantitative estimate of drug-likeness (QED) is 0.432. The second-order valence-electron chi connectivity index (χ2n) is 6.14. The molecular weight excluding hydrogens is 386 g/mol. The summed E-state index contributed by atoms with van der Waals surface area (Å²) >= 11 is 7.54. The molecule has 1 aromatic carbocycles. The first-order valence-corrected chi connectivity index (χ1v) is 9.95. The van der Waals surface area contributed by atoms with Crippen molar-refractivity contribution in [1.82, 2.24) is 20.0 Å². The van der Waals surface area contributed by atoms with Gasteiger partial charge in [-0.2, -0.15) is 5.10 Å². The van der Waals surface area contributed by atoms with Crippen LogP contribution in [0.15, 0.2) is 45.8 Å². The number of carbonyl (C=O) groups is 1. The molecule has 0 fully saturated rings. The summed E-state index contributed by atoms with van der Waals surface area (Å²) in [7, 11) is 0. The molecule has 0 aliphatic carbocycles. The topological polar surface area (TPSA) is 85.8 Å². The van der Waals surface area contributed by atoms with E-state index in [1.54, 1.807) is 22.5 Å². The van der Waals surface area contributed by atoms with E-state index in [2.05, 4.69) is 20.6 Å². The van der Waals surface area contributed by atoms with Crippen molar-refractivity contribution in [3.05, 3.63) is 41.6 Å². The van der Waals surface area contributed by atoms with Crippen molar-refractivity contribution >= 4 is 35.3 Å². The van der Waals surface area contributed by atoms with E-state index in [9.17, 15) is 4.79 Å². The second-order valence-corrected chi connectivity index (χ2v) is 7.75. The van der Waals surface area contributed by atoms with E-state index in [4.69, 9.17) is 16.0 Å². The molecule has 0 aliphatic rings. The molecule has 0 aliphatic heterocycles. The lowest BCUT2D eigenvalue weighted by atomic mass is 10.3. The van der Waals surface area contributed by atoms with E-state index >= 15 is 0 Å². The number of halogens is 1. The van der Waals surface area contributed by atoms with Gasteiger partial charge in [-0.1, -0.05) is 16.7 Å². The molecule has 2 aromatic heterocycles. The zero-order valence-corrected chi connectivity index (χ0v) is 16.6. The first-order valence-electron chi connectivity index (χ1n) is 8.58. The largest absolute Gasteiger partial charge is 0.401 e. The van der Waals surface area contributed by atoms with E-state index < -0.39 is 0 Å². The van der Waals surface area contributed by atoms with Crippen molar-refractivity contribution in [3.8, 4) is 11.6 Å². The van der Waals surface area contributed by atoms with Gasteiger partial charge >= 0.3 is 6.01 Å². The van der Waals surface area contributed by atoms with Crippen LogP contribution in [0.25, 0.3) is 11.6 Å². The summed E-state index contributed by atoms with van der Waals surface area (Å²) in [6, 6.07) is 9.77. The standard InChI is InChI=1S/C18H20ClN5O2S/c1-12(2)24-10-9-15(23-24)17-21-22-18(26-17)20-16(25)4-3-11-27-14-7-5-13(19)6-8-14/h5-10,12H,3-4,11H2,1-2H3,(H,20,22,25). The zero-order valence-electron chi connectivity index (χ0n) is 15.1. The number of nitrogens with one attached hydrogen (secondary N) is 1. The predicted molar refractivity (Wildman–Crippen MR) is 106 cm³/mol. The van der Waals surface area contributed by atoms with Crippen molar-refractivity contribution in [1.29, 1.82) is 0 Å². The van der Waals surface area contributed by atoms with Gasteiger partial charge in [0.1, 0.15) is 5.69 Å². The number of hydrogen-bond donors (Lipinski definition) is 1. The van der Waals surface area contributed by atoms with Crippen LogP contribution < -0.4 is 5.32 Å². The fraction of sp³-hybridized carbons (Fsp3) is 0.333. The second kappa shape index (κ2) is 9.05. The summed E-state index contributed by atoms with van der Waals surface area (Å²) in [4.78, 5) is 13.1. The Morgan fingerprint density at radius 3 is 2.74 bits per heavy atom. The van der Waals surface area contributed by atoms with Crippen LogP contribution in [-0.2, 0) is 4.79 Å². The molecule has 0 unspecified atom stereocenters. The third kappa shape index (κ3) is 5.58. The maximum absolute atomic E-state index is 12.0. The number of thioether (sulfide) groups is 1. The van der Waals surface area contributed by atoms with Crippen molar-refractivity contribution in [2.24, 2.45) is 0 Å². The highest BCUT2D eigenvalue weighted by molar-refractivity contribution is 7.99. The van der Waals surface area contributed by atoms with Crippen LogP contribution in [0, 0.1) is 0 Å². The summed E-state index contributed by atoms with van der Waals surface area (Å²) in [6.45, 7) is 4.06. The maximum atomic E-state index is 12.0. The molecule has 0 bridgehead atoms. The third-order valence-electron chi connectivity index (χ3n) is 3.66. The van der Waals surface area contributed by atoms with Crippen molar-refractivity contribution in [2.45, 2.75) is 37.6 Å². The fourth-order valence-corrected chi connectivity index (χ4v) is 3.23. The van der Waals surface area contributed by atoms with E-state index in [1.807, 2.05) is 44.3 Å². The van der Waals surface area contributed by atoms with E-state index in [-0.39, 0.29) is 23.9 Å². The molecule has 0 saturated carbocycles. The Kier molecular flexibility index (Phi) is 6.52. The first-order chi connectivity index (χ1) is 13.0. The number of amides is 1. The highest BCUT2D eigenvalue weighted by Gasteiger charge is 2.14. The monoisotopic (exact) mass is 405 g/mol. The van der Waals surface area contributed by atoms with E-state index in [0.717, 1.165) is 17.1 Å². The third-order valence-corrected chi connectivity index (χ3v) is 5.01. The summed E-state index contributed by atoms with van der Waals surface area (Å²) in [6.07, 6.45) is 2.96. The maximum Gasteiger partial charge on any atom is 0.322 e. The van der Waals surface area contributed by atoms with E-state index in [1.165, 1.54) is 0 Å². The average Bonchev–Trinajstić information content (AvgIpc) is 3.29. The molecule has 142 valence electrons. The van der Waals surface area contributed by atoms with Crippen LogP contribution in [0.2, 0.25) is 5.02 Å². The van der Waals surface area contributed by atoms with Gasteiger partial charge in [-0.15, -0.1) is 16.9 Å². The molecule has 1 amide bonds. The minimum absolute atomic E-state index is 0.0828. The molecule has 27 heavy (non-hydrogen) atoms. The number of hydrogen-bond acceptors (Lipinski definition) is 6. The Balaban J connectivity index is 1.44. The lowest BCUT2D eigenvalue weighted by Crippen LogP contribution is -2.11. The highest BCUT2D eigenvalue weighted by atomic mass is 35.5. The summed E-state index contributed by atoms with van der Waals surface area (Å²) in [5.74, 6) is 0.953. The van der Waals surface area contributed by atoms with Crippen molar-refractivity contribution in [3.63, 3.8) is 0 Å². The molecule has 0 saturated heterocycles. The van der Waals surface area contributed by atoms with Crippen LogP contribution in [0.4, 0.5) is 6.01 Å². The Bertz CT molecular complexity index is 891. The highest BCUT2D eigenvalue weighted by Crippen LogP contribution is 2.22. The van der Waals surface area contributed by atoms with Gasteiger partial charge in [0.2, 0.25) is 5.91 Å². The van der Waals surface area contributed by atoms with Crippen LogP contribution in [0.1, 0.15) is 32.7 Å². The normalized spacial score (nSPS) is 11.1. The number of aromatic nitrogens is 4. The molecule has 0 atom stereocenters. The molecule has 2 heterocycles. The lowest BCUT2D eigenvalue weighted by Gasteiger charge is -2.03. The molecule has 3 aromatic rings. The molecule has 3 rings (SSSR count). The minimum atomic E-state index is -0.158. The predicted octanol–water partition coefficient (Wildman–Crippen LogP) is 4.68. The van der Waals surface area contributed by atoms with Gasteiger partial charge < -0.3 is 4.42 Å². The number of nitrogens with zero attached hydrogens (tertiary/aromatic N) is 4. The van der Waals surface area contributed by atoms with Gasteiger partial charge in [-0.05, 0) is 56.4 Å². The van der Waals surface area contributed by atoms with Crippen LogP contribution in [-0.4, -0.2) is 31.6 Å². The Morgan fingerprint density at radius 1 is 1.26 bits per heavy atom. The Morgan fingerprint density at radius 2 is 2.04 bits per heavy atom. The number of benzene rings is 1. The van der Waals surface area contributed by atoms with Crippen LogP contribution in [0.5, 0.6) is 0 Å². The van der Waals surface area contributed by atoms with Gasteiger partial charge in [-0.3, -0.25) is 14.8 Å². The molecule has 7 nitrogen and oxygen atoms in total. The van der Waals surface area contributed by atoms with Crippen LogP contribution in [0.3, 0.4) is 0 Å². The molecule has 0 radical (unpaired) electrons. The van der Waals surface area contributed by atoms with Gasteiger partial charge in [-0.25, -0.2) is 0 Å². The van der Waals surface area contributed by atoms with Gasteiger partial charge in [0.05, 0.1) is 0 Å². The van der Waals surface area contributed by atoms with E-state index in [0.29, 0.717) is 17.1 Å². The zero-order chi connectivity index (χ0) is 19.2. The summed E-state index contributed by atoms with van der Waals surface area (Å²) in [5.41, 5.74) is 0.580. The SMILES string of the molecule is CC(C)n1ccc(-c2nnc(NC(=O)CCCSc3ccc(Cl)cc3)o2)n1. The number of anilines is 1. The number of rotatable bonds is 8. The first kappa shape index (κ1) is 19.4. The fourth-order valence-electron chi connectivity index (χ4n) is 2.25. The Labute approximate surface area is 166 Å². The molecule has 1 N–H and O–H groups in total. The average molecular weight is 406 g/mol. The lowest BCUT2D eigenvalue weighted by molar-refractivity contribution is -0.116. The van der Waals surface area contributed by atoms with Crippen molar-refractivity contribution < 1.29 is 9.21 Å². The smallest absolute Gasteiger partial charge is 0.322 e. The summed E-state index contributed by atoms with van der Waals surface area (Å²) in [5, 5.41) is 15.5. The molecule has 0 spiro atoms. The minimum Gasteiger partial charge on any atom is -0.401 e. The van der Waals surface area contributed by atoms with Crippen LogP contribution >= 0.6 is 23.4 Å². The summed E-state index contributed by atoms with van der Waals surface area (Å²) < 4.78 is 7.27. The number of carbonyl (C=O) groups excluding carboxylic acids is 1. The van der Waals surface area contributed by atoms with Gasteiger partial charge in [0.15, 0.2) is 0 Å². The van der Waals surface area contributed by atoms with Gasteiger partial charge in [0.25, 0.3) is 5.89 Å².